The maximum Gasteiger partial charge on any atom is 0.326 e. The molecule has 0 aromatic carbocycles. The molecule has 5 heteroatoms. The number of hydrogen-bond acceptors (Lipinski definition) is 2. The Morgan fingerprint density at radius 3 is 2.25 bits per heavy atom. The first-order chi connectivity index (χ1) is 9.61. The van der Waals surface area contributed by atoms with Crippen LogP contribution < -0.4 is 10.6 Å². The second-order valence-corrected chi connectivity index (χ2v) is 6.23. The van der Waals surface area contributed by atoms with E-state index in [1.165, 1.54) is 25.7 Å². The number of carbonyl (C=O) groups excluding carboxylic acids is 1. The first-order valence-electron chi connectivity index (χ1n) is 7.89. The third kappa shape index (κ3) is 4.69. The number of rotatable bonds is 9. The van der Waals surface area contributed by atoms with E-state index in [1.54, 1.807) is 0 Å². The highest BCUT2D eigenvalue weighted by molar-refractivity contribution is 5.82. The number of carbonyl (C=O) groups is 2. The fourth-order valence-electron chi connectivity index (χ4n) is 2.85. The van der Waals surface area contributed by atoms with E-state index < -0.39 is 12.0 Å². The Hall–Kier alpha value is -1.26. The van der Waals surface area contributed by atoms with Gasteiger partial charge in [0.2, 0.25) is 0 Å². The highest BCUT2D eigenvalue weighted by Gasteiger charge is 2.41. The number of carboxylic acids is 1. The maximum absolute atomic E-state index is 11.8. The van der Waals surface area contributed by atoms with Crippen molar-refractivity contribution in [2.75, 3.05) is 6.54 Å². The van der Waals surface area contributed by atoms with Gasteiger partial charge in [0.15, 0.2) is 0 Å². The predicted molar refractivity (Wildman–Crippen MR) is 76.4 cm³/mol. The van der Waals surface area contributed by atoms with Crippen LogP contribution in [-0.4, -0.2) is 29.7 Å². The minimum Gasteiger partial charge on any atom is -0.480 e. The molecule has 2 aliphatic carbocycles. The van der Waals surface area contributed by atoms with Crippen molar-refractivity contribution in [3.63, 3.8) is 0 Å². The second-order valence-electron chi connectivity index (χ2n) is 6.23. The van der Waals surface area contributed by atoms with Gasteiger partial charge in [0.1, 0.15) is 6.04 Å². The van der Waals surface area contributed by atoms with E-state index in [9.17, 15) is 9.59 Å². The molecular formula is C15H26N2O3. The molecule has 2 amide bonds. The smallest absolute Gasteiger partial charge is 0.326 e. The van der Waals surface area contributed by atoms with Gasteiger partial charge in [0.05, 0.1) is 0 Å². The molecule has 0 saturated heterocycles. The number of nitrogens with one attached hydrogen (secondary N) is 2. The van der Waals surface area contributed by atoms with Gasteiger partial charge >= 0.3 is 12.0 Å². The van der Waals surface area contributed by atoms with Crippen LogP contribution in [0.4, 0.5) is 4.79 Å². The van der Waals surface area contributed by atoms with Crippen molar-refractivity contribution in [3.8, 4) is 0 Å². The van der Waals surface area contributed by atoms with Crippen LogP contribution in [0.2, 0.25) is 0 Å². The van der Waals surface area contributed by atoms with Gasteiger partial charge in [0, 0.05) is 6.54 Å². The van der Waals surface area contributed by atoms with E-state index in [4.69, 9.17) is 5.11 Å². The van der Waals surface area contributed by atoms with Crippen LogP contribution in [0, 0.1) is 17.8 Å². The lowest BCUT2D eigenvalue weighted by Gasteiger charge is -2.18. The number of aliphatic carboxylic acids is 1. The van der Waals surface area contributed by atoms with Crippen LogP contribution in [0.15, 0.2) is 0 Å². The summed E-state index contributed by atoms with van der Waals surface area (Å²) in [5, 5.41) is 14.5. The number of carboxylic acid groups (broad SMARTS) is 1. The first kappa shape index (κ1) is 15.1. The fourth-order valence-corrected chi connectivity index (χ4v) is 2.85. The minimum absolute atomic E-state index is 0.334. The van der Waals surface area contributed by atoms with Gasteiger partial charge in [-0.1, -0.05) is 19.8 Å². The highest BCUT2D eigenvalue weighted by atomic mass is 16.4. The Kier molecular flexibility index (Phi) is 5.26. The fraction of sp³-hybridized carbons (Fsp3) is 0.867. The van der Waals surface area contributed by atoms with Gasteiger partial charge in [-0.25, -0.2) is 9.59 Å². The van der Waals surface area contributed by atoms with Crippen molar-refractivity contribution in [3.05, 3.63) is 0 Å². The zero-order valence-electron chi connectivity index (χ0n) is 12.2. The summed E-state index contributed by atoms with van der Waals surface area (Å²) in [6.45, 7) is 2.70. The third-order valence-electron chi connectivity index (χ3n) is 4.40. The molecule has 0 aromatic heterocycles. The summed E-state index contributed by atoms with van der Waals surface area (Å²) in [6.07, 6.45) is 7.39. The Balaban J connectivity index is 1.71. The average Bonchev–Trinajstić information content (AvgIpc) is 3.26. The topological polar surface area (TPSA) is 78.4 Å². The van der Waals surface area contributed by atoms with Crippen molar-refractivity contribution in [2.24, 2.45) is 17.8 Å². The van der Waals surface area contributed by atoms with E-state index in [1.807, 2.05) is 6.92 Å². The van der Waals surface area contributed by atoms with Gasteiger partial charge in [0.25, 0.3) is 0 Å². The zero-order valence-corrected chi connectivity index (χ0v) is 12.2. The van der Waals surface area contributed by atoms with Gasteiger partial charge < -0.3 is 15.7 Å². The third-order valence-corrected chi connectivity index (χ3v) is 4.40. The summed E-state index contributed by atoms with van der Waals surface area (Å²) >= 11 is 0. The van der Waals surface area contributed by atoms with E-state index >= 15 is 0 Å². The molecule has 20 heavy (non-hydrogen) atoms. The van der Waals surface area contributed by atoms with Crippen LogP contribution in [0.3, 0.4) is 0 Å². The Labute approximate surface area is 120 Å². The van der Waals surface area contributed by atoms with Gasteiger partial charge in [-0.2, -0.15) is 0 Å². The number of urea groups is 1. The van der Waals surface area contributed by atoms with Crippen LogP contribution >= 0.6 is 0 Å². The highest BCUT2D eigenvalue weighted by Crippen LogP contribution is 2.48. The summed E-state index contributed by atoms with van der Waals surface area (Å²) in [6, 6.07) is -1.10. The average molecular weight is 282 g/mol. The number of amides is 2. The first-order valence-corrected chi connectivity index (χ1v) is 7.89. The molecule has 0 bridgehead atoms. The molecule has 5 nitrogen and oxygen atoms in total. The Morgan fingerprint density at radius 1 is 1.20 bits per heavy atom. The van der Waals surface area contributed by atoms with Crippen molar-refractivity contribution >= 4 is 12.0 Å². The molecule has 2 fully saturated rings. The SMILES string of the molecule is CCCCC(NC(=O)NCC(C1CC1)C1CC1)C(=O)O. The zero-order chi connectivity index (χ0) is 14.5. The van der Waals surface area contributed by atoms with Crippen molar-refractivity contribution in [1.82, 2.24) is 10.6 Å². The Bertz CT molecular complexity index is 339. The molecule has 1 unspecified atom stereocenters. The molecule has 1 atom stereocenters. The number of hydrogen-bond donors (Lipinski definition) is 3. The summed E-state index contributed by atoms with van der Waals surface area (Å²) in [5.74, 6) is 1.24. The lowest BCUT2D eigenvalue weighted by molar-refractivity contribution is -0.139. The van der Waals surface area contributed by atoms with Crippen LogP contribution in [0.1, 0.15) is 51.9 Å². The van der Waals surface area contributed by atoms with Crippen LogP contribution in [0.25, 0.3) is 0 Å². The molecule has 114 valence electrons. The minimum atomic E-state index is -0.950. The van der Waals surface area contributed by atoms with Crippen LogP contribution in [-0.2, 0) is 4.79 Å². The summed E-state index contributed by atoms with van der Waals surface area (Å²) in [5.41, 5.74) is 0. The lowest BCUT2D eigenvalue weighted by Crippen LogP contribution is -2.47. The largest absolute Gasteiger partial charge is 0.480 e. The van der Waals surface area contributed by atoms with Crippen LogP contribution in [0.5, 0.6) is 0 Å². The second kappa shape index (κ2) is 6.95. The normalized spacial score (nSPS) is 19.7. The summed E-state index contributed by atoms with van der Waals surface area (Å²) in [4.78, 5) is 22.9. The molecular weight excluding hydrogens is 256 g/mol. The molecule has 2 aliphatic rings. The lowest BCUT2D eigenvalue weighted by atomic mass is 9.98. The van der Waals surface area contributed by atoms with Gasteiger partial charge in [-0.3, -0.25) is 0 Å². The maximum atomic E-state index is 11.8. The van der Waals surface area contributed by atoms with Gasteiger partial charge in [-0.05, 0) is 49.9 Å². The molecule has 0 aromatic rings. The van der Waals surface area contributed by atoms with Crippen molar-refractivity contribution in [1.29, 1.82) is 0 Å². The quantitative estimate of drug-likeness (QED) is 0.607. The predicted octanol–water partition coefficient (Wildman–Crippen LogP) is 2.37. The molecule has 0 spiro atoms. The van der Waals surface area contributed by atoms with Crippen molar-refractivity contribution in [2.45, 2.75) is 57.9 Å². The molecule has 0 heterocycles. The summed E-state index contributed by atoms with van der Waals surface area (Å²) < 4.78 is 0. The molecule has 2 rings (SSSR count). The molecule has 0 radical (unpaired) electrons. The van der Waals surface area contributed by atoms with Crippen molar-refractivity contribution < 1.29 is 14.7 Å². The molecule has 2 saturated carbocycles. The summed E-state index contributed by atoms with van der Waals surface area (Å²) in [7, 11) is 0. The standard InChI is InChI=1S/C15H26N2O3/c1-2-3-4-13(14(18)19)17-15(20)16-9-12(10-5-6-10)11-7-8-11/h10-13H,2-9H2,1H3,(H,18,19)(H2,16,17,20). The monoisotopic (exact) mass is 282 g/mol. The van der Waals surface area contributed by atoms with E-state index in [0.717, 1.165) is 24.7 Å². The number of unbranched alkanes of at least 4 members (excludes halogenated alkanes) is 1. The van der Waals surface area contributed by atoms with Gasteiger partial charge in [-0.15, -0.1) is 0 Å². The Morgan fingerprint density at radius 2 is 1.80 bits per heavy atom. The van der Waals surface area contributed by atoms with E-state index in [2.05, 4.69) is 10.6 Å². The molecule has 0 aliphatic heterocycles. The molecule has 3 N–H and O–H groups in total. The van der Waals surface area contributed by atoms with E-state index in [-0.39, 0.29) is 6.03 Å². The van der Waals surface area contributed by atoms with E-state index in [0.29, 0.717) is 18.9 Å².